The maximum Gasteiger partial charge on any atom is 0.320 e. The van der Waals surface area contributed by atoms with E-state index in [4.69, 9.17) is 0 Å². The second-order valence-corrected chi connectivity index (χ2v) is 7.29. The summed E-state index contributed by atoms with van der Waals surface area (Å²) in [6.07, 6.45) is 0.896. The van der Waals surface area contributed by atoms with Crippen molar-refractivity contribution in [3.8, 4) is 0 Å². The van der Waals surface area contributed by atoms with Crippen LogP contribution in [-0.4, -0.2) is 39.0 Å². The number of nitrogens with one attached hydrogen (secondary N) is 1. The Kier molecular flexibility index (Phi) is 6.84. The Morgan fingerprint density at radius 3 is 2.43 bits per heavy atom. The Balaban J connectivity index is 3.00. The highest BCUT2D eigenvalue weighted by molar-refractivity contribution is 7.92. The van der Waals surface area contributed by atoms with E-state index in [0.717, 1.165) is 12.0 Å². The van der Waals surface area contributed by atoms with E-state index in [1.165, 1.54) is 7.11 Å². The smallest absolute Gasteiger partial charge is 0.320 e. The molecule has 0 radical (unpaired) electrons. The van der Waals surface area contributed by atoms with Crippen LogP contribution in [0.4, 0.5) is 0 Å². The fraction of sp³-hybridized carbons (Fsp3) is 0.533. The van der Waals surface area contributed by atoms with Gasteiger partial charge in [0.2, 0.25) is 0 Å². The number of sulfone groups is 1. The second-order valence-electron chi connectivity index (χ2n) is 4.93. The van der Waals surface area contributed by atoms with E-state index >= 15 is 0 Å². The number of hydrogen-bond donors (Lipinski definition) is 1. The normalized spacial score (nSPS) is 14.4. The van der Waals surface area contributed by atoms with Crippen LogP contribution in [0.1, 0.15) is 31.9 Å². The van der Waals surface area contributed by atoms with Gasteiger partial charge in [0.15, 0.2) is 9.84 Å². The molecule has 0 aromatic heterocycles. The van der Waals surface area contributed by atoms with Gasteiger partial charge in [0.1, 0.15) is 5.75 Å². The summed E-state index contributed by atoms with van der Waals surface area (Å²) in [6.45, 7) is 4.35. The van der Waals surface area contributed by atoms with Gasteiger partial charge < -0.3 is 10.1 Å². The molecule has 21 heavy (non-hydrogen) atoms. The summed E-state index contributed by atoms with van der Waals surface area (Å²) in [5.74, 6) is -1.33. The summed E-state index contributed by atoms with van der Waals surface area (Å²) in [4.78, 5) is 11.3. The molecule has 0 aliphatic heterocycles. The monoisotopic (exact) mass is 313 g/mol. The van der Waals surface area contributed by atoms with Crippen molar-refractivity contribution in [3.05, 3.63) is 35.9 Å². The maximum absolute atomic E-state index is 12.3. The van der Waals surface area contributed by atoms with Crippen LogP contribution in [0.2, 0.25) is 0 Å². The fourth-order valence-electron chi connectivity index (χ4n) is 2.08. The molecule has 0 spiro atoms. The van der Waals surface area contributed by atoms with Crippen LogP contribution < -0.4 is 5.32 Å². The van der Waals surface area contributed by atoms with E-state index in [1.807, 2.05) is 37.3 Å². The number of carbonyl (C=O) groups excluding carboxylic acids is 1. The molecule has 5 nitrogen and oxygen atoms in total. The molecule has 0 aliphatic carbocycles. The molecule has 0 fully saturated rings. The van der Waals surface area contributed by atoms with Crippen molar-refractivity contribution >= 4 is 15.8 Å². The molecule has 0 heterocycles. The van der Waals surface area contributed by atoms with E-state index in [-0.39, 0.29) is 6.04 Å². The second kappa shape index (κ2) is 8.14. The molecule has 2 unspecified atom stereocenters. The molecular weight excluding hydrogens is 290 g/mol. The molecule has 0 bridgehead atoms. The molecule has 118 valence electrons. The Morgan fingerprint density at radius 1 is 1.29 bits per heavy atom. The summed E-state index contributed by atoms with van der Waals surface area (Å²) in [6, 6.07) is 9.05. The van der Waals surface area contributed by atoms with Gasteiger partial charge in [0.25, 0.3) is 0 Å². The average Bonchev–Trinajstić information content (AvgIpc) is 2.48. The topological polar surface area (TPSA) is 72.5 Å². The standard InChI is InChI=1S/C15H23NO4S/c1-4-10-16-15(13-8-6-5-7-9-13)12(2)21(18,19)11-14(17)20-3/h5-9,12,15-16H,4,10-11H2,1-3H3. The Bertz CT molecular complexity index is 542. The quantitative estimate of drug-likeness (QED) is 0.740. The van der Waals surface area contributed by atoms with E-state index in [1.54, 1.807) is 6.92 Å². The van der Waals surface area contributed by atoms with Crippen molar-refractivity contribution in [2.75, 3.05) is 19.4 Å². The first kappa shape index (κ1) is 17.7. The highest BCUT2D eigenvalue weighted by Crippen LogP contribution is 2.22. The minimum atomic E-state index is -3.59. The van der Waals surface area contributed by atoms with Gasteiger partial charge in [-0.1, -0.05) is 37.3 Å². The lowest BCUT2D eigenvalue weighted by Gasteiger charge is -2.25. The molecular formula is C15H23NO4S. The van der Waals surface area contributed by atoms with E-state index < -0.39 is 26.8 Å². The summed E-state index contributed by atoms with van der Waals surface area (Å²) < 4.78 is 29.1. The minimum Gasteiger partial charge on any atom is -0.468 e. The van der Waals surface area contributed by atoms with Crippen LogP contribution in [-0.2, 0) is 19.4 Å². The maximum atomic E-state index is 12.3. The van der Waals surface area contributed by atoms with Crippen molar-refractivity contribution in [2.45, 2.75) is 31.6 Å². The number of ether oxygens (including phenoxy) is 1. The number of carbonyl (C=O) groups is 1. The Labute approximate surface area is 126 Å². The third-order valence-electron chi connectivity index (χ3n) is 3.36. The molecule has 1 aromatic carbocycles. The van der Waals surface area contributed by atoms with Gasteiger partial charge in [-0.25, -0.2) is 8.42 Å². The first-order valence-corrected chi connectivity index (χ1v) is 8.70. The molecule has 0 saturated carbocycles. The van der Waals surface area contributed by atoms with Crippen molar-refractivity contribution in [1.29, 1.82) is 0 Å². The van der Waals surface area contributed by atoms with Crippen LogP contribution in [0, 0.1) is 0 Å². The number of methoxy groups -OCH3 is 1. The van der Waals surface area contributed by atoms with Gasteiger partial charge in [-0.3, -0.25) is 4.79 Å². The summed E-state index contributed by atoms with van der Waals surface area (Å²) in [5.41, 5.74) is 0.895. The first-order chi connectivity index (χ1) is 9.92. The highest BCUT2D eigenvalue weighted by atomic mass is 32.2. The van der Waals surface area contributed by atoms with Crippen LogP contribution in [0.15, 0.2) is 30.3 Å². The van der Waals surface area contributed by atoms with Crippen molar-refractivity contribution < 1.29 is 17.9 Å². The van der Waals surface area contributed by atoms with Crippen molar-refractivity contribution in [1.82, 2.24) is 5.32 Å². The van der Waals surface area contributed by atoms with Gasteiger partial charge in [-0.05, 0) is 25.5 Å². The SMILES string of the molecule is CCCNC(c1ccccc1)C(C)S(=O)(=O)CC(=O)OC. The number of rotatable bonds is 8. The molecule has 6 heteroatoms. The predicted molar refractivity (Wildman–Crippen MR) is 82.7 cm³/mol. The Hall–Kier alpha value is -1.40. The summed E-state index contributed by atoms with van der Waals surface area (Å²) >= 11 is 0. The zero-order chi connectivity index (χ0) is 15.9. The van der Waals surface area contributed by atoms with Crippen molar-refractivity contribution in [2.24, 2.45) is 0 Å². The molecule has 1 rings (SSSR count). The lowest BCUT2D eigenvalue weighted by Crippen LogP contribution is -2.38. The molecule has 0 saturated heterocycles. The van der Waals surface area contributed by atoms with Crippen LogP contribution in [0.5, 0.6) is 0 Å². The zero-order valence-corrected chi connectivity index (χ0v) is 13.5. The van der Waals surface area contributed by atoms with Gasteiger partial charge in [0, 0.05) is 6.04 Å². The fourth-order valence-corrected chi connectivity index (χ4v) is 3.45. The number of benzene rings is 1. The molecule has 0 amide bonds. The molecule has 0 aliphatic rings. The van der Waals surface area contributed by atoms with Crippen LogP contribution in [0.25, 0.3) is 0 Å². The Morgan fingerprint density at radius 2 is 1.90 bits per heavy atom. The lowest BCUT2D eigenvalue weighted by atomic mass is 10.0. The molecule has 1 N–H and O–H groups in total. The summed E-state index contributed by atoms with van der Waals surface area (Å²) in [7, 11) is -2.40. The van der Waals surface area contributed by atoms with Gasteiger partial charge in [0.05, 0.1) is 12.4 Å². The van der Waals surface area contributed by atoms with E-state index in [0.29, 0.717) is 6.54 Å². The van der Waals surface area contributed by atoms with Crippen molar-refractivity contribution in [3.63, 3.8) is 0 Å². The van der Waals surface area contributed by atoms with Gasteiger partial charge in [-0.15, -0.1) is 0 Å². The van der Waals surface area contributed by atoms with Gasteiger partial charge >= 0.3 is 5.97 Å². The van der Waals surface area contributed by atoms with Gasteiger partial charge in [-0.2, -0.15) is 0 Å². The predicted octanol–water partition coefficient (Wildman–Crippen LogP) is 1.70. The molecule has 2 atom stereocenters. The first-order valence-electron chi connectivity index (χ1n) is 6.99. The molecule has 1 aromatic rings. The highest BCUT2D eigenvalue weighted by Gasteiger charge is 2.32. The van der Waals surface area contributed by atoms with Crippen LogP contribution >= 0.6 is 0 Å². The number of esters is 1. The van der Waals surface area contributed by atoms with Crippen LogP contribution in [0.3, 0.4) is 0 Å². The minimum absolute atomic E-state index is 0.346. The average molecular weight is 313 g/mol. The number of hydrogen-bond acceptors (Lipinski definition) is 5. The summed E-state index contributed by atoms with van der Waals surface area (Å²) in [5, 5.41) is 2.53. The van der Waals surface area contributed by atoms with E-state index in [2.05, 4.69) is 10.1 Å². The lowest BCUT2D eigenvalue weighted by molar-refractivity contribution is -0.137. The largest absolute Gasteiger partial charge is 0.468 e. The third-order valence-corrected chi connectivity index (χ3v) is 5.40. The zero-order valence-electron chi connectivity index (χ0n) is 12.7. The van der Waals surface area contributed by atoms with E-state index in [9.17, 15) is 13.2 Å². The third kappa shape index (κ3) is 5.13.